The molecule has 1 aliphatic heterocycles. The zero-order valence-electron chi connectivity index (χ0n) is 16.8. The normalized spacial score (nSPS) is 21.4. The van der Waals surface area contributed by atoms with Gasteiger partial charge in [0, 0.05) is 31.1 Å². The largest absolute Gasteiger partial charge is 0.465 e. The van der Waals surface area contributed by atoms with Crippen LogP contribution in [0, 0.1) is 0 Å². The Balaban J connectivity index is 1.53. The van der Waals surface area contributed by atoms with Gasteiger partial charge < -0.3 is 9.64 Å². The molecule has 2 unspecified atom stereocenters. The molecule has 2 aromatic heterocycles. The van der Waals surface area contributed by atoms with Crippen LogP contribution in [0.4, 0.5) is 5.95 Å². The Bertz CT molecular complexity index is 1100. The van der Waals surface area contributed by atoms with E-state index in [9.17, 15) is 4.79 Å². The molecule has 0 spiro atoms. The molecule has 0 aliphatic carbocycles. The van der Waals surface area contributed by atoms with Crippen molar-refractivity contribution in [1.82, 2.24) is 15.3 Å². The Hall–Kier alpha value is -1.64. The molecule has 4 rings (SSSR count). The van der Waals surface area contributed by atoms with E-state index in [1.54, 1.807) is 36.6 Å². The second-order valence-corrected chi connectivity index (χ2v) is 9.55. The lowest BCUT2D eigenvalue weighted by Gasteiger charge is -2.43. The molecule has 164 valence electrons. The summed E-state index contributed by atoms with van der Waals surface area (Å²) in [5.41, 5.74) is -0.479. The van der Waals surface area contributed by atoms with Crippen LogP contribution in [0.5, 0.6) is 0 Å². The van der Waals surface area contributed by atoms with E-state index in [1.807, 2.05) is 22.4 Å². The number of hydrogen-bond donors (Lipinski definition) is 1. The standard InChI is InChI=1S/C21H21Cl3N4O2S/c1-2-30-19(29)21(26-11-13-3-4-15(22)16(23)9-13)6-7-28(17(24)10-21)20-25-12-14-5-8-31-18(14)27-20/h3-5,8-9,12,17,26H,2,6-7,10-11H2,1H3. The molecule has 10 heteroatoms. The van der Waals surface area contributed by atoms with Gasteiger partial charge in [-0.2, -0.15) is 0 Å². The molecule has 1 aromatic carbocycles. The van der Waals surface area contributed by atoms with Crippen molar-refractivity contribution in [2.24, 2.45) is 0 Å². The van der Waals surface area contributed by atoms with Crippen LogP contribution < -0.4 is 10.2 Å². The van der Waals surface area contributed by atoms with Gasteiger partial charge in [0.2, 0.25) is 5.95 Å². The number of thiophene rings is 1. The van der Waals surface area contributed by atoms with Gasteiger partial charge in [0.05, 0.1) is 16.7 Å². The molecule has 0 bridgehead atoms. The molecular weight excluding hydrogens is 479 g/mol. The van der Waals surface area contributed by atoms with Crippen LogP contribution >= 0.6 is 46.1 Å². The third-order valence-corrected chi connectivity index (χ3v) is 7.32. The highest BCUT2D eigenvalue weighted by Gasteiger charge is 2.46. The van der Waals surface area contributed by atoms with Crippen molar-refractivity contribution in [2.75, 3.05) is 18.1 Å². The number of ether oxygens (including phenoxy) is 1. The topological polar surface area (TPSA) is 67.3 Å². The second kappa shape index (κ2) is 9.46. The summed E-state index contributed by atoms with van der Waals surface area (Å²) < 4.78 is 5.40. The SMILES string of the molecule is CCOC(=O)C1(NCc2ccc(Cl)c(Cl)c2)CCN(c2ncc3ccsc3n2)C(Cl)C1. The molecule has 0 saturated carbocycles. The van der Waals surface area contributed by atoms with Crippen LogP contribution in [-0.4, -0.2) is 40.1 Å². The average molecular weight is 500 g/mol. The first kappa shape index (κ1) is 22.6. The second-order valence-electron chi connectivity index (χ2n) is 7.34. The van der Waals surface area contributed by atoms with Gasteiger partial charge in [-0.3, -0.25) is 10.1 Å². The fraction of sp³-hybridized carbons (Fsp3) is 0.381. The summed E-state index contributed by atoms with van der Waals surface area (Å²) in [5.74, 6) is 0.256. The summed E-state index contributed by atoms with van der Waals surface area (Å²) in [6.45, 7) is 3.03. The van der Waals surface area contributed by atoms with Crippen molar-refractivity contribution in [3.05, 3.63) is 51.5 Å². The van der Waals surface area contributed by atoms with E-state index in [-0.39, 0.29) is 5.97 Å². The van der Waals surface area contributed by atoms with Gasteiger partial charge in [-0.05, 0) is 42.5 Å². The molecule has 3 aromatic rings. The number of esters is 1. The number of nitrogens with one attached hydrogen (secondary N) is 1. The van der Waals surface area contributed by atoms with Crippen LogP contribution in [0.3, 0.4) is 0 Å². The Morgan fingerprint density at radius 1 is 1.35 bits per heavy atom. The molecule has 3 heterocycles. The zero-order chi connectivity index (χ0) is 22.0. The monoisotopic (exact) mass is 498 g/mol. The number of carbonyl (C=O) groups excluding carboxylic acids is 1. The van der Waals surface area contributed by atoms with Gasteiger partial charge in [-0.25, -0.2) is 9.97 Å². The first-order valence-corrected chi connectivity index (χ1v) is 12.0. The highest BCUT2D eigenvalue weighted by atomic mass is 35.5. The Labute approximate surface area is 199 Å². The number of hydrogen-bond acceptors (Lipinski definition) is 7. The minimum absolute atomic E-state index is 0.295. The maximum Gasteiger partial charge on any atom is 0.326 e. The number of rotatable bonds is 6. The highest BCUT2D eigenvalue weighted by Crippen LogP contribution is 2.34. The molecule has 31 heavy (non-hydrogen) atoms. The van der Waals surface area contributed by atoms with Crippen LogP contribution in [0.15, 0.2) is 35.8 Å². The van der Waals surface area contributed by atoms with Gasteiger partial charge in [-0.15, -0.1) is 11.3 Å². The predicted molar refractivity (Wildman–Crippen MR) is 126 cm³/mol. The number of halogens is 3. The Morgan fingerprint density at radius 3 is 2.94 bits per heavy atom. The van der Waals surface area contributed by atoms with E-state index in [0.29, 0.717) is 48.5 Å². The molecule has 1 saturated heterocycles. The highest BCUT2D eigenvalue weighted by molar-refractivity contribution is 7.16. The summed E-state index contributed by atoms with van der Waals surface area (Å²) in [5, 5.41) is 7.33. The fourth-order valence-electron chi connectivity index (χ4n) is 3.67. The molecule has 1 aliphatic rings. The number of carbonyl (C=O) groups is 1. The quantitative estimate of drug-likeness (QED) is 0.284. The first-order chi connectivity index (χ1) is 14.9. The van der Waals surface area contributed by atoms with E-state index in [1.165, 1.54) is 0 Å². The molecule has 1 N–H and O–H groups in total. The maximum absolute atomic E-state index is 13.0. The summed E-state index contributed by atoms with van der Waals surface area (Å²) in [6, 6.07) is 7.38. The lowest BCUT2D eigenvalue weighted by atomic mass is 9.87. The molecule has 0 radical (unpaired) electrons. The lowest BCUT2D eigenvalue weighted by molar-refractivity contribution is -0.152. The third-order valence-electron chi connectivity index (χ3n) is 5.37. The molecular formula is C21H21Cl3N4O2S. The minimum atomic E-state index is -0.919. The molecule has 6 nitrogen and oxygen atoms in total. The number of benzene rings is 1. The summed E-state index contributed by atoms with van der Waals surface area (Å²) in [4.78, 5) is 24.9. The van der Waals surface area contributed by atoms with Crippen LogP contribution in [0.2, 0.25) is 10.0 Å². The number of nitrogens with zero attached hydrogens (tertiary/aromatic N) is 3. The minimum Gasteiger partial charge on any atom is -0.465 e. The fourth-order valence-corrected chi connectivity index (χ4v) is 5.17. The predicted octanol–water partition coefficient (Wildman–Crippen LogP) is 5.25. The van der Waals surface area contributed by atoms with E-state index in [4.69, 9.17) is 39.5 Å². The van der Waals surface area contributed by atoms with E-state index >= 15 is 0 Å². The van der Waals surface area contributed by atoms with Crippen LogP contribution in [0.1, 0.15) is 25.3 Å². The summed E-state index contributed by atoms with van der Waals surface area (Å²) in [7, 11) is 0. The molecule has 1 fully saturated rings. The Kier molecular flexibility index (Phi) is 6.89. The summed E-state index contributed by atoms with van der Waals surface area (Å²) in [6.07, 6.45) is 2.65. The number of piperidine rings is 1. The first-order valence-electron chi connectivity index (χ1n) is 9.89. The average Bonchev–Trinajstić information content (AvgIpc) is 3.22. The van der Waals surface area contributed by atoms with Gasteiger partial charge in [0.25, 0.3) is 0 Å². The van der Waals surface area contributed by atoms with Crippen molar-refractivity contribution < 1.29 is 9.53 Å². The third kappa shape index (κ3) is 4.76. The lowest BCUT2D eigenvalue weighted by Crippen LogP contribution is -2.61. The van der Waals surface area contributed by atoms with E-state index in [0.717, 1.165) is 15.8 Å². The van der Waals surface area contributed by atoms with E-state index in [2.05, 4.69) is 15.3 Å². The number of fused-ring (bicyclic) bond motifs is 1. The van der Waals surface area contributed by atoms with Gasteiger partial charge in [0.1, 0.15) is 15.9 Å². The molecule has 2 atom stereocenters. The van der Waals surface area contributed by atoms with Gasteiger partial charge >= 0.3 is 5.97 Å². The van der Waals surface area contributed by atoms with Crippen molar-refractivity contribution in [2.45, 2.75) is 37.4 Å². The van der Waals surface area contributed by atoms with Gasteiger partial charge in [-0.1, -0.05) is 40.9 Å². The maximum atomic E-state index is 13.0. The van der Waals surface area contributed by atoms with E-state index < -0.39 is 11.0 Å². The van der Waals surface area contributed by atoms with Crippen molar-refractivity contribution in [3.63, 3.8) is 0 Å². The van der Waals surface area contributed by atoms with Crippen molar-refractivity contribution in [3.8, 4) is 0 Å². The van der Waals surface area contributed by atoms with Crippen molar-refractivity contribution >= 4 is 68.3 Å². The van der Waals surface area contributed by atoms with Crippen molar-refractivity contribution in [1.29, 1.82) is 0 Å². The number of aromatic nitrogens is 2. The number of anilines is 1. The Morgan fingerprint density at radius 2 is 2.19 bits per heavy atom. The van der Waals surface area contributed by atoms with Crippen LogP contribution in [-0.2, 0) is 16.1 Å². The smallest absolute Gasteiger partial charge is 0.326 e. The number of alkyl halides is 1. The van der Waals surface area contributed by atoms with Gasteiger partial charge in [0.15, 0.2) is 0 Å². The summed E-state index contributed by atoms with van der Waals surface area (Å²) >= 11 is 20.5. The van der Waals surface area contributed by atoms with Crippen LogP contribution in [0.25, 0.3) is 10.2 Å². The zero-order valence-corrected chi connectivity index (χ0v) is 19.9. The molecule has 0 amide bonds.